The SMILES string of the molecule is CCCC(C(=O)NNC(=O)C(C)Oc1ccc(OCC)cc1)c1ccccc1. The van der Waals surface area contributed by atoms with Crippen molar-refractivity contribution in [2.75, 3.05) is 6.61 Å². The van der Waals surface area contributed by atoms with Crippen molar-refractivity contribution in [2.24, 2.45) is 0 Å². The van der Waals surface area contributed by atoms with Gasteiger partial charge in [-0.05, 0) is 50.1 Å². The lowest BCUT2D eigenvalue weighted by molar-refractivity contribution is -0.133. The van der Waals surface area contributed by atoms with Crippen LogP contribution in [0.25, 0.3) is 0 Å². The molecule has 0 aliphatic carbocycles. The molecule has 2 amide bonds. The van der Waals surface area contributed by atoms with E-state index in [0.717, 1.165) is 17.7 Å². The number of rotatable bonds is 9. The molecule has 2 aromatic rings. The van der Waals surface area contributed by atoms with E-state index in [2.05, 4.69) is 10.9 Å². The quantitative estimate of drug-likeness (QED) is 0.648. The Morgan fingerprint density at radius 2 is 1.50 bits per heavy atom. The molecule has 28 heavy (non-hydrogen) atoms. The minimum atomic E-state index is -0.764. The van der Waals surface area contributed by atoms with Crippen LogP contribution in [-0.4, -0.2) is 24.5 Å². The summed E-state index contributed by atoms with van der Waals surface area (Å²) in [6.07, 6.45) is 0.793. The molecule has 2 rings (SSSR count). The number of hydrogen-bond acceptors (Lipinski definition) is 4. The summed E-state index contributed by atoms with van der Waals surface area (Å²) >= 11 is 0. The molecule has 0 saturated heterocycles. The maximum absolute atomic E-state index is 12.5. The Kier molecular flexibility index (Phi) is 8.34. The fourth-order valence-electron chi connectivity index (χ4n) is 2.77. The first kappa shape index (κ1) is 21.3. The average molecular weight is 384 g/mol. The highest BCUT2D eigenvalue weighted by Crippen LogP contribution is 2.21. The molecule has 0 radical (unpaired) electrons. The molecule has 0 heterocycles. The van der Waals surface area contributed by atoms with Gasteiger partial charge in [0.25, 0.3) is 5.91 Å². The Balaban J connectivity index is 1.88. The topological polar surface area (TPSA) is 76.7 Å². The lowest BCUT2D eigenvalue weighted by Gasteiger charge is -2.19. The molecule has 2 unspecified atom stereocenters. The summed E-state index contributed by atoms with van der Waals surface area (Å²) in [6, 6.07) is 16.6. The molecule has 6 heteroatoms. The van der Waals surface area contributed by atoms with Crippen molar-refractivity contribution >= 4 is 11.8 Å². The van der Waals surface area contributed by atoms with E-state index in [1.165, 1.54) is 0 Å². The van der Waals surface area contributed by atoms with Gasteiger partial charge in [0.1, 0.15) is 11.5 Å². The van der Waals surface area contributed by atoms with Gasteiger partial charge < -0.3 is 9.47 Å². The van der Waals surface area contributed by atoms with Crippen LogP contribution in [0.4, 0.5) is 0 Å². The number of carbonyl (C=O) groups is 2. The van der Waals surface area contributed by atoms with Crippen LogP contribution in [0.3, 0.4) is 0 Å². The number of hydrogen-bond donors (Lipinski definition) is 2. The normalized spacial score (nSPS) is 12.5. The van der Waals surface area contributed by atoms with Gasteiger partial charge in [-0.3, -0.25) is 20.4 Å². The van der Waals surface area contributed by atoms with E-state index in [9.17, 15) is 9.59 Å². The van der Waals surface area contributed by atoms with Crippen molar-refractivity contribution < 1.29 is 19.1 Å². The van der Waals surface area contributed by atoms with Crippen LogP contribution in [0, 0.1) is 0 Å². The third-order valence-corrected chi connectivity index (χ3v) is 4.22. The van der Waals surface area contributed by atoms with Gasteiger partial charge in [-0.25, -0.2) is 0 Å². The smallest absolute Gasteiger partial charge is 0.279 e. The Morgan fingerprint density at radius 1 is 0.893 bits per heavy atom. The number of nitrogens with one attached hydrogen (secondary N) is 2. The van der Waals surface area contributed by atoms with Gasteiger partial charge in [-0.15, -0.1) is 0 Å². The van der Waals surface area contributed by atoms with E-state index in [-0.39, 0.29) is 11.8 Å². The van der Waals surface area contributed by atoms with Crippen molar-refractivity contribution in [2.45, 2.75) is 45.6 Å². The fourth-order valence-corrected chi connectivity index (χ4v) is 2.77. The minimum absolute atomic E-state index is 0.241. The molecule has 2 atom stereocenters. The van der Waals surface area contributed by atoms with E-state index in [1.807, 2.05) is 44.2 Å². The molecule has 0 fully saturated rings. The molecule has 0 aliphatic heterocycles. The third kappa shape index (κ3) is 6.30. The lowest BCUT2D eigenvalue weighted by Crippen LogP contribution is -2.48. The average Bonchev–Trinajstić information content (AvgIpc) is 2.72. The molecule has 0 aliphatic rings. The fraction of sp³-hybridized carbons (Fsp3) is 0.364. The van der Waals surface area contributed by atoms with Crippen LogP contribution in [0.15, 0.2) is 54.6 Å². The summed E-state index contributed by atoms with van der Waals surface area (Å²) in [6.45, 7) is 6.14. The predicted molar refractivity (Wildman–Crippen MR) is 108 cm³/mol. The monoisotopic (exact) mass is 384 g/mol. The van der Waals surface area contributed by atoms with Gasteiger partial charge in [0.15, 0.2) is 6.10 Å². The second-order valence-corrected chi connectivity index (χ2v) is 6.39. The highest BCUT2D eigenvalue weighted by Gasteiger charge is 2.21. The Morgan fingerprint density at radius 3 is 2.11 bits per heavy atom. The Bertz CT molecular complexity index is 747. The zero-order valence-corrected chi connectivity index (χ0v) is 16.6. The van der Waals surface area contributed by atoms with Gasteiger partial charge in [0, 0.05) is 0 Å². The second kappa shape index (κ2) is 11.0. The molecule has 2 N–H and O–H groups in total. The minimum Gasteiger partial charge on any atom is -0.494 e. The van der Waals surface area contributed by atoms with Gasteiger partial charge >= 0.3 is 0 Å². The number of hydrazine groups is 1. The van der Waals surface area contributed by atoms with E-state index >= 15 is 0 Å². The maximum atomic E-state index is 12.5. The molecular weight excluding hydrogens is 356 g/mol. The zero-order valence-electron chi connectivity index (χ0n) is 16.6. The van der Waals surface area contributed by atoms with E-state index in [1.54, 1.807) is 31.2 Å². The van der Waals surface area contributed by atoms with Gasteiger partial charge in [0.2, 0.25) is 5.91 Å². The van der Waals surface area contributed by atoms with E-state index in [4.69, 9.17) is 9.47 Å². The van der Waals surface area contributed by atoms with Crippen molar-refractivity contribution in [3.63, 3.8) is 0 Å². The maximum Gasteiger partial charge on any atom is 0.279 e. The first-order chi connectivity index (χ1) is 13.5. The number of amides is 2. The standard InChI is InChI=1S/C22H28N2O4/c1-4-9-20(17-10-7-6-8-11-17)22(26)24-23-21(25)16(3)28-19-14-12-18(13-15-19)27-5-2/h6-8,10-16,20H,4-5,9H2,1-3H3,(H,23,25)(H,24,26). The molecule has 6 nitrogen and oxygen atoms in total. The molecular formula is C22H28N2O4. The number of ether oxygens (including phenoxy) is 2. The van der Waals surface area contributed by atoms with Crippen molar-refractivity contribution in [1.29, 1.82) is 0 Å². The van der Waals surface area contributed by atoms with Crippen LogP contribution in [0.1, 0.15) is 45.1 Å². The lowest BCUT2D eigenvalue weighted by atomic mass is 9.94. The summed E-state index contributed by atoms with van der Waals surface area (Å²) in [5.41, 5.74) is 5.90. The molecule has 0 aromatic heterocycles. The molecule has 0 bridgehead atoms. The molecule has 150 valence electrons. The highest BCUT2D eigenvalue weighted by molar-refractivity contribution is 5.87. The third-order valence-electron chi connectivity index (χ3n) is 4.22. The molecule has 0 saturated carbocycles. The Hall–Kier alpha value is -3.02. The molecule has 2 aromatic carbocycles. The summed E-state index contributed by atoms with van der Waals surface area (Å²) in [5, 5.41) is 0. The van der Waals surface area contributed by atoms with Crippen molar-refractivity contribution in [3.8, 4) is 11.5 Å². The van der Waals surface area contributed by atoms with E-state index in [0.29, 0.717) is 18.8 Å². The van der Waals surface area contributed by atoms with Crippen molar-refractivity contribution in [3.05, 3.63) is 60.2 Å². The van der Waals surface area contributed by atoms with Crippen LogP contribution in [0.2, 0.25) is 0 Å². The van der Waals surface area contributed by atoms with Gasteiger partial charge in [0.05, 0.1) is 12.5 Å². The van der Waals surface area contributed by atoms with Crippen LogP contribution >= 0.6 is 0 Å². The van der Waals surface area contributed by atoms with Gasteiger partial charge in [-0.2, -0.15) is 0 Å². The largest absolute Gasteiger partial charge is 0.494 e. The molecule has 0 spiro atoms. The zero-order chi connectivity index (χ0) is 20.4. The Labute approximate surface area is 166 Å². The van der Waals surface area contributed by atoms with Crippen LogP contribution in [0.5, 0.6) is 11.5 Å². The number of benzene rings is 2. The predicted octanol–water partition coefficient (Wildman–Crippen LogP) is 3.58. The summed E-state index contributed by atoms with van der Waals surface area (Å²) in [5.74, 6) is 0.307. The summed E-state index contributed by atoms with van der Waals surface area (Å²) < 4.78 is 11.0. The van der Waals surface area contributed by atoms with Crippen molar-refractivity contribution in [1.82, 2.24) is 10.9 Å². The number of carbonyl (C=O) groups excluding carboxylic acids is 2. The van der Waals surface area contributed by atoms with Gasteiger partial charge in [-0.1, -0.05) is 43.7 Å². The van der Waals surface area contributed by atoms with Crippen LogP contribution in [-0.2, 0) is 9.59 Å². The highest BCUT2D eigenvalue weighted by atomic mass is 16.5. The first-order valence-electron chi connectivity index (χ1n) is 9.59. The summed E-state index contributed by atoms with van der Waals surface area (Å²) in [4.78, 5) is 24.8. The van der Waals surface area contributed by atoms with E-state index < -0.39 is 12.0 Å². The summed E-state index contributed by atoms with van der Waals surface area (Å²) in [7, 11) is 0. The van der Waals surface area contributed by atoms with Crippen LogP contribution < -0.4 is 20.3 Å². The second-order valence-electron chi connectivity index (χ2n) is 6.39. The first-order valence-corrected chi connectivity index (χ1v) is 9.59.